The van der Waals surface area contributed by atoms with Crippen molar-refractivity contribution in [1.29, 1.82) is 5.26 Å². The fourth-order valence-electron chi connectivity index (χ4n) is 1.03. The first-order valence-corrected chi connectivity index (χ1v) is 4.61. The number of nitrogens with zero attached hydrogens (tertiary/aromatic N) is 1. The summed E-state index contributed by atoms with van der Waals surface area (Å²) in [6, 6.07) is 5.93. The molecule has 14 heavy (non-hydrogen) atoms. The summed E-state index contributed by atoms with van der Waals surface area (Å²) in [5.74, 6) is 0. The molecule has 74 valence electrons. The topological polar surface area (TPSA) is 23.8 Å². The molecule has 1 nitrogen and oxygen atoms in total. The van der Waals surface area contributed by atoms with Crippen molar-refractivity contribution in [3.8, 4) is 6.07 Å². The lowest BCUT2D eigenvalue weighted by Crippen LogP contribution is -2.19. The number of nitriles is 1. The number of hydrogen-bond donors (Lipinski definition) is 0. The van der Waals surface area contributed by atoms with Gasteiger partial charge in [-0.1, -0.05) is 33.9 Å². The van der Waals surface area contributed by atoms with Crippen LogP contribution in [0.3, 0.4) is 0 Å². The van der Waals surface area contributed by atoms with Gasteiger partial charge in [-0.25, -0.2) is 0 Å². The summed E-state index contributed by atoms with van der Waals surface area (Å²) < 4.78 is 36.6. The molecule has 0 amide bonds. The van der Waals surface area contributed by atoms with E-state index in [-0.39, 0.29) is 5.56 Å². The molecule has 0 aliphatic carbocycles. The van der Waals surface area contributed by atoms with Crippen LogP contribution in [-0.2, 0) is 6.32 Å². The molecule has 1 rings (SSSR count). The van der Waals surface area contributed by atoms with E-state index in [4.69, 9.17) is 5.26 Å². The van der Waals surface area contributed by atoms with E-state index in [1.165, 1.54) is 18.2 Å². The number of rotatable bonds is 2. The Hall–Kier alpha value is -0.955. The van der Waals surface area contributed by atoms with Crippen LogP contribution in [-0.4, -0.2) is 6.98 Å². The van der Waals surface area contributed by atoms with E-state index in [1.807, 2.05) is 6.07 Å². The van der Waals surface area contributed by atoms with Gasteiger partial charge in [0.05, 0.1) is 11.6 Å². The van der Waals surface area contributed by atoms with Crippen molar-refractivity contribution in [3.63, 3.8) is 0 Å². The van der Waals surface area contributed by atoms with Gasteiger partial charge >= 0.3 is 6.98 Å². The van der Waals surface area contributed by atoms with Gasteiger partial charge in [0.25, 0.3) is 0 Å². The third-order valence-corrected chi connectivity index (χ3v) is 2.37. The highest BCUT2D eigenvalue weighted by Gasteiger charge is 2.24. The van der Waals surface area contributed by atoms with Crippen molar-refractivity contribution in [2.75, 3.05) is 0 Å². The third kappa shape index (κ3) is 3.07. The second-order valence-electron chi connectivity index (χ2n) is 2.83. The summed E-state index contributed by atoms with van der Waals surface area (Å²) in [7, 11) is 0. The van der Waals surface area contributed by atoms with Gasteiger partial charge in [-0.05, 0) is 12.1 Å². The van der Waals surface area contributed by atoms with E-state index in [1.54, 1.807) is 0 Å². The Bertz CT molecular complexity index is 383. The minimum atomic E-state index is -4.83. The third-order valence-electron chi connectivity index (χ3n) is 1.63. The number of hydrogen-bond acceptors (Lipinski definition) is 1. The molecule has 0 radical (unpaired) electrons. The van der Waals surface area contributed by atoms with Crippen molar-refractivity contribution in [3.05, 3.63) is 33.8 Å². The Balaban J connectivity index is 2.97. The average Bonchev–Trinajstić information content (AvgIpc) is 2.06. The highest BCUT2D eigenvalue weighted by Crippen LogP contribution is 2.24. The van der Waals surface area contributed by atoms with E-state index in [9.17, 15) is 12.9 Å². The predicted octanol–water partition coefficient (Wildman–Crippen LogP) is 3.25. The Labute approximate surface area is 87.7 Å². The highest BCUT2D eigenvalue weighted by atomic mass is 79.9. The first-order valence-electron chi connectivity index (χ1n) is 3.82. The summed E-state index contributed by atoms with van der Waals surface area (Å²) in [6.45, 7) is -4.83. The molecule has 0 bridgehead atoms. The van der Waals surface area contributed by atoms with Crippen LogP contribution in [0.25, 0.3) is 0 Å². The predicted molar refractivity (Wildman–Crippen MR) is 51.6 cm³/mol. The van der Waals surface area contributed by atoms with Gasteiger partial charge in [0, 0.05) is 4.47 Å². The first kappa shape index (κ1) is 11.1. The molecule has 0 unspecified atom stereocenters. The SMILES string of the molecule is N#Cc1ccc(C[B-](F)(F)F)c(Br)c1. The van der Waals surface area contributed by atoms with Crippen LogP contribution in [0.5, 0.6) is 0 Å². The molecule has 0 fully saturated rings. The molecule has 0 saturated heterocycles. The van der Waals surface area contributed by atoms with Crippen LogP contribution in [0.15, 0.2) is 22.7 Å². The fraction of sp³-hybridized carbons (Fsp3) is 0.125. The van der Waals surface area contributed by atoms with Gasteiger partial charge in [-0.15, -0.1) is 0 Å². The summed E-state index contributed by atoms with van der Waals surface area (Å²) in [6.07, 6.45) is -0.924. The Kier molecular flexibility index (Phi) is 3.22. The number of benzene rings is 1. The maximum absolute atomic E-state index is 12.1. The molecule has 1 aromatic carbocycles. The van der Waals surface area contributed by atoms with E-state index in [0.29, 0.717) is 10.0 Å². The van der Waals surface area contributed by atoms with Crippen molar-refractivity contribution >= 4 is 22.9 Å². The summed E-state index contributed by atoms with van der Waals surface area (Å²) in [5, 5.41) is 8.50. The van der Waals surface area contributed by atoms with Crippen molar-refractivity contribution in [2.24, 2.45) is 0 Å². The smallest absolute Gasteiger partial charge is 0.449 e. The van der Waals surface area contributed by atoms with Gasteiger partial charge in [0.15, 0.2) is 0 Å². The zero-order chi connectivity index (χ0) is 10.8. The fourth-order valence-corrected chi connectivity index (χ4v) is 1.57. The maximum atomic E-state index is 12.1. The molecule has 0 atom stereocenters. The molecular weight excluding hydrogens is 258 g/mol. The van der Waals surface area contributed by atoms with Gasteiger partial charge < -0.3 is 12.9 Å². The summed E-state index contributed by atoms with van der Waals surface area (Å²) in [5.41, 5.74) is 0.506. The molecular formula is C8H5BBrF3N-. The minimum Gasteiger partial charge on any atom is -0.449 e. The normalized spacial score (nSPS) is 11.1. The second kappa shape index (κ2) is 4.05. The van der Waals surface area contributed by atoms with E-state index >= 15 is 0 Å². The van der Waals surface area contributed by atoms with Crippen LogP contribution >= 0.6 is 15.9 Å². The summed E-state index contributed by atoms with van der Waals surface area (Å²) >= 11 is 3.00. The molecule has 1 aromatic rings. The second-order valence-corrected chi connectivity index (χ2v) is 3.69. The van der Waals surface area contributed by atoms with Gasteiger partial charge in [0.1, 0.15) is 0 Å². The quantitative estimate of drug-likeness (QED) is 0.751. The number of halogens is 4. The van der Waals surface area contributed by atoms with Crippen molar-refractivity contribution < 1.29 is 12.9 Å². The Morgan fingerprint density at radius 3 is 2.43 bits per heavy atom. The lowest BCUT2D eigenvalue weighted by atomic mass is 9.82. The molecule has 0 aliphatic rings. The van der Waals surface area contributed by atoms with Crippen LogP contribution in [0.2, 0.25) is 0 Å². The highest BCUT2D eigenvalue weighted by molar-refractivity contribution is 9.10. The standard InChI is InChI=1S/C8H5BBrF3N/c10-8-3-6(5-14)1-2-7(8)4-9(11,12)13/h1-3H,4H2/q-1. The molecule has 0 aliphatic heterocycles. The summed E-state index contributed by atoms with van der Waals surface area (Å²) in [4.78, 5) is 0. The molecule has 0 heterocycles. The van der Waals surface area contributed by atoms with Crippen LogP contribution in [0, 0.1) is 11.3 Å². The van der Waals surface area contributed by atoms with Crippen molar-refractivity contribution in [2.45, 2.75) is 6.32 Å². The first-order chi connectivity index (χ1) is 6.42. The van der Waals surface area contributed by atoms with Crippen LogP contribution in [0.1, 0.15) is 11.1 Å². The van der Waals surface area contributed by atoms with Gasteiger partial charge in [-0.2, -0.15) is 5.26 Å². The van der Waals surface area contributed by atoms with Crippen LogP contribution in [0.4, 0.5) is 12.9 Å². The van der Waals surface area contributed by atoms with Crippen LogP contribution < -0.4 is 0 Å². The van der Waals surface area contributed by atoms with E-state index in [0.717, 1.165) is 0 Å². The molecule has 6 heteroatoms. The zero-order valence-corrected chi connectivity index (χ0v) is 8.56. The zero-order valence-electron chi connectivity index (χ0n) is 6.98. The largest absolute Gasteiger partial charge is 0.482 e. The lowest BCUT2D eigenvalue weighted by Gasteiger charge is -2.14. The van der Waals surface area contributed by atoms with Gasteiger partial charge in [-0.3, -0.25) is 0 Å². The molecule has 0 saturated carbocycles. The van der Waals surface area contributed by atoms with Gasteiger partial charge in [0.2, 0.25) is 0 Å². The van der Waals surface area contributed by atoms with Crippen molar-refractivity contribution in [1.82, 2.24) is 0 Å². The molecule has 0 spiro atoms. The lowest BCUT2D eigenvalue weighted by molar-refractivity contribution is 0.468. The average molecular weight is 263 g/mol. The Morgan fingerprint density at radius 2 is 2.00 bits per heavy atom. The molecule has 0 N–H and O–H groups in total. The maximum Gasteiger partial charge on any atom is 0.482 e. The molecule has 0 aromatic heterocycles. The minimum absolute atomic E-state index is 0.163. The Morgan fingerprint density at radius 1 is 1.36 bits per heavy atom. The van der Waals surface area contributed by atoms with E-state index in [2.05, 4.69) is 15.9 Å². The van der Waals surface area contributed by atoms with E-state index < -0.39 is 13.3 Å². The monoisotopic (exact) mass is 262 g/mol.